The normalized spacial score (nSPS) is 10.4. The number of likely N-dealkylation sites (N-methyl/N-ethyl adjacent to an activating group) is 2. The number of benzene rings is 1. The first-order valence-electron chi connectivity index (χ1n) is 5.99. The second kappa shape index (κ2) is 6.40. The molecule has 0 unspecified atom stereocenters. The third kappa shape index (κ3) is 4.19. The van der Waals surface area contributed by atoms with Crippen LogP contribution in [0.3, 0.4) is 0 Å². The van der Waals surface area contributed by atoms with E-state index < -0.39 is 0 Å². The van der Waals surface area contributed by atoms with Crippen LogP contribution in [-0.4, -0.2) is 38.0 Å². The number of nitrogens with zero attached hydrogens (tertiary/aromatic N) is 1. The van der Waals surface area contributed by atoms with E-state index in [1.54, 1.807) is 11.9 Å². The minimum atomic E-state index is 0.135. The van der Waals surface area contributed by atoms with Crippen molar-refractivity contribution in [3.05, 3.63) is 34.9 Å². The SMILES string of the molecule is CNCC(=O)N(C)CCc1ccc(C)c(C)c1. The van der Waals surface area contributed by atoms with Gasteiger partial charge in [-0.2, -0.15) is 0 Å². The zero-order valence-electron chi connectivity index (χ0n) is 11.2. The Labute approximate surface area is 104 Å². The molecule has 3 nitrogen and oxygen atoms in total. The fourth-order valence-corrected chi connectivity index (χ4v) is 1.67. The highest BCUT2D eigenvalue weighted by molar-refractivity contribution is 5.77. The highest BCUT2D eigenvalue weighted by atomic mass is 16.2. The van der Waals surface area contributed by atoms with Gasteiger partial charge in [0.25, 0.3) is 0 Å². The van der Waals surface area contributed by atoms with Crippen molar-refractivity contribution < 1.29 is 4.79 Å². The number of carbonyl (C=O) groups excluding carboxylic acids is 1. The molecule has 0 saturated carbocycles. The van der Waals surface area contributed by atoms with Gasteiger partial charge in [-0.15, -0.1) is 0 Å². The molecule has 94 valence electrons. The molecule has 1 rings (SSSR count). The molecule has 0 heterocycles. The molecule has 0 fully saturated rings. The molecule has 1 N–H and O–H groups in total. The van der Waals surface area contributed by atoms with E-state index in [2.05, 4.69) is 37.4 Å². The Bertz CT molecular complexity index is 388. The van der Waals surface area contributed by atoms with Gasteiger partial charge in [0.05, 0.1) is 6.54 Å². The average Bonchev–Trinajstić information content (AvgIpc) is 2.30. The van der Waals surface area contributed by atoms with Gasteiger partial charge in [0.15, 0.2) is 0 Å². The van der Waals surface area contributed by atoms with Crippen molar-refractivity contribution in [2.45, 2.75) is 20.3 Å². The van der Waals surface area contributed by atoms with Crippen LogP contribution in [-0.2, 0) is 11.2 Å². The summed E-state index contributed by atoms with van der Waals surface area (Å²) in [6.07, 6.45) is 0.910. The Morgan fingerprint density at radius 2 is 2.00 bits per heavy atom. The summed E-state index contributed by atoms with van der Waals surface area (Å²) in [4.78, 5) is 13.3. The summed E-state index contributed by atoms with van der Waals surface area (Å²) in [6, 6.07) is 6.48. The number of hydrogen-bond donors (Lipinski definition) is 1. The molecule has 0 spiro atoms. The lowest BCUT2D eigenvalue weighted by atomic mass is 10.0. The van der Waals surface area contributed by atoms with Crippen LogP contribution in [0, 0.1) is 13.8 Å². The van der Waals surface area contributed by atoms with E-state index in [1.165, 1.54) is 16.7 Å². The van der Waals surface area contributed by atoms with E-state index in [4.69, 9.17) is 0 Å². The van der Waals surface area contributed by atoms with Crippen molar-refractivity contribution >= 4 is 5.91 Å². The first-order valence-corrected chi connectivity index (χ1v) is 5.99. The average molecular weight is 234 g/mol. The third-order valence-corrected chi connectivity index (χ3v) is 3.06. The summed E-state index contributed by atoms with van der Waals surface area (Å²) in [5, 5.41) is 2.87. The zero-order valence-corrected chi connectivity index (χ0v) is 11.2. The minimum absolute atomic E-state index is 0.135. The first-order chi connectivity index (χ1) is 8.04. The number of carbonyl (C=O) groups is 1. The van der Waals surface area contributed by atoms with Gasteiger partial charge in [-0.3, -0.25) is 4.79 Å². The Kier molecular flexibility index (Phi) is 5.16. The summed E-state index contributed by atoms with van der Waals surface area (Å²) in [6.45, 7) is 5.41. The summed E-state index contributed by atoms with van der Waals surface area (Å²) in [5.41, 5.74) is 3.91. The molecule has 1 aromatic carbocycles. The van der Waals surface area contributed by atoms with Gasteiger partial charge in [0.2, 0.25) is 5.91 Å². The molecule has 0 bridgehead atoms. The van der Waals surface area contributed by atoms with Gasteiger partial charge in [-0.05, 0) is 44.0 Å². The molecule has 1 aromatic rings. The van der Waals surface area contributed by atoms with Crippen LogP contribution in [0.5, 0.6) is 0 Å². The van der Waals surface area contributed by atoms with Gasteiger partial charge < -0.3 is 10.2 Å². The molecule has 0 saturated heterocycles. The maximum absolute atomic E-state index is 11.5. The lowest BCUT2D eigenvalue weighted by molar-refractivity contribution is -0.128. The molecule has 0 aliphatic heterocycles. The number of hydrogen-bond acceptors (Lipinski definition) is 2. The van der Waals surface area contributed by atoms with Crippen molar-refractivity contribution in [1.29, 1.82) is 0 Å². The zero-order chi connectivity index (χ0) is 12.8. The maximum Gasteiger partial charge on any atom is 0.236 e. The number of nitrogens with one attached hydrogen (secondary N) is 1. The Hall–Kier alpha value is -1.35. The van der Waals surface area contributed by atoms with Gasteiger partial charge >= 0.3 is 0 Å². The molecule has 1 amide bonds. The molecule has 17 heavy (non-hydrogen) atoms. The second-order valence-corrected chi connectivity index (χ2v) is 4.51. The topological polar surface area (TPSA) is 32.3 Å². The lowest BCUT2D eigenvalue weighted by Gasteiger charge is -2.17. The van der Waals surface area contributed by atoms with Crippen molar-refractivity contribution in [3.63, 3.8) is 0 Å². The summed E-state index contributed by atoms with van der Waals surface area (Å²) in [5.74, 6) is 0.135. The number of amides is 1. The molecular formula is C14H22N2O. The van der Waals surface area contributed by atoms with Crippen LogP contribution >= 0.6 is 0 Å². The minimum Gasteiger partial charge on any atom is -0.344 e. The smallest absolute Gasteiger partial charge is 0.236 e. The van der Waals surface area contributed by atoms with Crippen molar-refractivity contribution in [3.8, 4) is 0 Å². The van der Waals surface area contributed by atoms with Crippen LogP contribution in [0.25, 0.3) is 0 Å². The molecule has 0 atom stereocenters. The molecule has 0 aromatic heterocycles. The van der Waals surface area contributed by atoms with Crippen LogP contribution in [0.15, 0.2) is 18.2 Å². The lowest BCUT2D eigenvalue weighted by Crippen LogP contribution is -2.35. The van der Waals surface area contributed by atoms with E-state index in [-0.39, 0.29) is 5.91 Å². The third-order valence-electron chi connectivity index (χ3n) is 3.06. The van der Waals surface area contributed by atoms with Crippen LogP contribution < -0.4 is 5.32 Å². The van der Waals surface area contributed by atoms with Crippen molar-refractivity contribution in [2.75, 3.05) is 27.2 Å². The fourth-order valence-electron chi connectivity index (χ4n) is 1.67. The molecule has 0 aliphatic rings. The predicted octanol–water partition coefficient (Wildman–Crippen LogP) is 1.52. The summed E-state index contributed by atoms with van der Waals surface area (Å²) >= 11 is 0. The van der Waals surface area contributed by atoms with Gasteiger partial charge in [0.1, 0.15) is 0 Å². The first kappa shape index (κ1) is 13.7. The molecule has 3 heteroatoms. The number of rotatable bonds is 5. The van der Waals surface area contributed by atoms with E-state index in [9.17, 15) is 4.79 Å². The Morgan fingerprint density at radius 3 is 2.59 bits per heavy atom. The highest BCUT2D eigenvalue weighted by Gasteiger charge is 2.07. The quantitative estimate of drug-likeness (QED) is 0.838. The Morgan fingerprint density at radius 1 is 1.29 bits per heavy atom. The van der Waals surface area contributed by atoms with E-state index in [0.717, 1.165) is 13.0 Å². The molecule has 0 radical (unpaired) electrons. The van der Waals surface area contributed by atoms with Gasteiger partial charge in [-0.1, -0.05) is 18.2 Å². The van der Waals surface area contributed by atoms with Crippen molar-refractivity contribution in [1.82, 2.24) is 10.2 Å². The summed E-state index contributed by atoms with van der Waals surface area (Å²) < 4.78 is 0. The van der Waals surface area contributed by atoms with Crippen LogP contribution in [0.1, 0.15) is 16.7 Å². The monoisotopic (exact) mass is 234 g/mol. The predicted molar refractivity (Wildman–Crippen MR) is 71.2 cm³/mol. The largest absolute Gasteiger partial charge is 0.344 e. The second-order valence-electron chi connectivity index (χ2n) is 4.51. The van der Waals surface area contributed by atoms with Gasteiger partial charge in [0, 0.05) is 13.6 Å². The summed E-state index contributed by atoms with van der Waals surface area (Å²) in [7, 11) is 3.63. The standard InChI is InChI=1S/C14H22N2O/c1-11-5-6-13(9-12(11)2)7-8-16(4)14(17)10-15-3/h5-6,9,15H,7-8,10H2,1-4H3. The fraction of sp³-hybridized carbons (Fsp3) is 0.500. The molecule has 0 aliphatic carbocycles. The van der Waals surface area contributed by atoms with Gasteiger partial charge in [-0.25, -0.2) is 0 Å². The molecular weight excluding hydrogens is 212 g/mol. The highest BCUT2D eigenvalue weighted by Crippen LogP contribution is 2.10. The number of aryl methyl sites for hydroxylation is 2. The Balaban J connectivity index is 2.50. The van der Waals surface area contributed by atoms with Crippen molar-refractivity contribution in [2.24, 2.45) is 0 Å². The maximum atomic E-state index is 11.5. The van der Waals surface area contributed by atoms with Crippen LogP contribution in [0.2, 0.25) is 0 Å². The van der Waals surface area contributed by atoms with E-state index >= 15 is 0 Å². The van der Waals surface area contributed by atoms with E-state index in [0.29, 0.717) is 6.54 Å². The van der Waals surface area contributed by atoms with Crippen LogP contribution in [0.4, 0.5) is 0 Å². The van der Waals surface area contributed by atoms with E-state index in [1.807, 2.05) is 7.05 Å².